The average molecular weight is 293 g/mol. The molecule has 0 spiro atoms. The molecule has 7 nitrogen and oxygen atoms in total. The lowest BCUT2D eigenvalue weighted by molar-refractivity contribution is -0.384. The van der Waals surface area contributed by atoms with Gasteiger partial charge in [-0.2, -0.15) is 0 Å². The zero-order valence-electron chi connectivity index (χ0n) is 12.0. The predicted octanol–water partition coefficient (Wildman–Crippen LogP) is 1.40. The maximum atomic E-state index is 12.5. The molecule has 0 atom stereocenters. The number of nitrogens with zero attached hydrogens (tertiary/aromatic N) is 3. The summed E-state index contributed by atoms with van der Waals surface area (Å²) < 4.78 is 1.63. The second-order valence-electron chi connectivity index (χ2n) is 6.07. The third kappa shape index (κ3) is 2.42. The second kappa shape index (κ2) is 4.84. The lowest BCUT2D eigenvalue weighted by Crippen LogP contribution is -2.64. The monoisotopic (exact) mass is 293 g/mol. The fourth-order valence-corrected chi connectivity index (χ4v) is 3.00. The maximum Gasteiger partial charge on any atom is 0.287 e. The summed E-state index contributed by atoms with van der Waals surface area (Å²) in [4.78, 5) is 24.4. The van der Waals surface area contributed by atoms with Crippen molar-refractivity contribution in [2.24, 2.45) is 5.92 Å². The first-order valence-corrected chi connectivity index (χ1v) is 7.31. The van der Waals surface area contributed by atoms with E-state index >= 15 is 0 Å². The lowest BCUT2D eigenvalue weighted by Gasteiger charge is -2.46. The smallest absolute Gasteiger partial charge is 0.287 e. The van der Waals surface area contributed by atoms with Crippen molar-refractivity contribution in [3.63, 3.8) is 0 Å². The van der Waals surface area contributed by atoms with Gasteiger partial charge in [0.2, 0.25) is 0 Å². The van der Waals surface area contributed by atoms with E-state index in [4.69, 9.17) is 0 Å². The number of nitro groups is 1. The minimum Gasteiger partial charge on any atom is -0.386 e. The molecule has 1 saturated carbocycles. The number of β-amino-alcohol motifs (C(OH)–C–C–N with tert-alkyl or cyclic N) is 1. The number of likely N-dealkylation sites (tertiary alicyclic amines) is 1. The summed E-state index contributed by atoms with van der Waals surface area (Å²) in [5, 5.41) is 21.1. The van der Waals surface area contributed by atoms with E-state index in [1.165, 1.54) is 12.3 Å². The van der Waals surface area contributed by atoms with Crippen molar-refractivity contribution < 1.29 is 14.8 Å². The SMILES string of the molecule is CCCn1cc([N+](=O)[O-])cc1C(=O)N1CC(O)(C2CC2)C1. The molecule has 0 unspecified atom stereocenters. The zero-order chi connectivity index (χ0) is 15.2. The Morgan fingerprint density at radius 2 is 2.19 bits per heavy atom. The Balaban J connectivity index is 1.76. The molecular formula is C14H19N3O4. The Morgan fingerprint density at radius 3 is 2.71 bits per heavy atom. The Hall–Kier alpha value is -1.89. The summed E-state index contributed by atoms with van der Waals surface area (Å²) in [6.07, 6.45) is 4.24. The summed E-state index contributed by atoms with van der Waals surface area (Å²) in [7, 11) is 0. The third-order valence-electron chi connectivity index (χ3n) is 4.33. The summed E-state index contributed by atoms with van der Waals surface area (Å²) in [5.74, 6) is 0.0835. The number of hydrogen-bond acceptors (Lipinski definition) is 4. The molecule has 1 aliphatic heterocycles. The molecule has 3 rings (SSSR count). The van der Waals surface area contributed by atoms with Crippen molar-refractivity contribution in [2.45, 2.75) is 38.3 Å². The number of hydrogen-bond donors (Lipinski definition) is 1. The van der Waals surface area contributed by atoms with Gasteiger partial charge in [-0.25, -0.2) is 0 Å². The Kier molecular flexibility index (Phi) is 3.24. The molecule has 2 fully saturated rings. The minimum atomic E-state index is -0.732. The van der Waals surface area contributed by atoms with Gasteiger partial charge in [-0.15, -0.1) is 0 Å². The van der Waals surface area contributed by atoms with Crippen molar-refractivity contribution in [1.82, 2.24) is 9.47 Å². The van der Waals surface area contributed by atoms with Gasteiger partial charge in [0, 0.05) is 12.6 Å². The molecule has 1 N–H and O–H groups in total. The van der Waals surface area contributed by atoms with Gasteiger partial charge in [0.1, 0.15) is 11.3 Å². The second-order valence-corrected chi connectivity index (χ2v) is 6.07. The van der Waals surface area contributed by atoms with Gasteiger partial charge < -0.3 is 14.6 Å². The Bertz CT molecular complexity index is 585. The normalized spacial score (nSPS) is 20.2. The van der Waals surface area contributed by atoms with Crippen molar-refractivity contribution in [2.75, 3.05) is 13.1 Å². The Labute approximate surface area is 122 Å². The summed E-state index contributed by atoms with van der Waals surface area (Å²) >= 11 is 0. The van der Waals surface area contributed by atoms with Gasteiger partial charge in [0.15, 0.2) is 0 Å². The van der Waals surface area contributed by atoms with Crippen molar-refractivity contribution in [1.29, 1.82) is 0 Å². The highest BCUT2D eigenvalue weighted by atomic mass is 16.6. The first-order chi connectivity index (χ1) is 9.94. The van der Waals surface area contributed by atoms with E-state index in [9.17, 15) is 20.0 Å². The van der Waals surface area contributed by atoms with Crippen molar-refractivity contribution in [3.8, 4) is 0 Å². The fraction of sp³-hybridized carbons (Fsp3) is 0.643. The van der Waals surface area contributed by atoms with Crippen molar-refractivity contribution >= 4 is 11.6 Å². The van der Waals surface area contributed by atoms with Gasteiger partial charge >= 0.3 is 0 Å². The molecule has 0 aromatic carbocycles. The van der Waals surface area contributed by atoms with Crippen LogP contribution in [0.2, 0.25) is 0 Å². The molecular weight excluding hydrogens is 274 g/mol. The van der Waals surface area contributed by atoms with Crippen molar-refractivity contribution in [3.05, 3.63) is 28.1 Å². The highest BCUT2D eigenvalue weighted by molar-refractivity contribution is 5.94. The van der Waals surface area contributed by atoms with Crippen LogP contribution in [0.5, 0.6) is 0 Å². The molecule has 1 aliphatic carbocycles. The van der Waals surface area contributed by atoms with Crippen LogP contribution in [0.4, 0.5) is 5.69 Å². The molecule has 0 bridgehead atoms. The molecule has 2 heterocycles. The van der Waals surface area contributed by atoms with Gasteiger partial charge in [0.05, 0.1) is 24.2 Å². The summed E-state index contributed by atoms with van der Waals surface area (Å²) in [5.41, 5.74) is -0.463. The van der Waals surface area contributed by atoms with Gasteiger partial charge in [-0.3, -0.25) is 14.9 Å². The van der Waals surface area contributed by atoms with Crippen LogP contribution in [-0.2, 0) is 6.54 Å². The number of carbonyl (C=O) groups is 1. The van der Waals surface area contributed by atoms with E-state index in [1.54, 1.807) is 9.47 Å². The van der Waals surface area contributed by atoms with Crippen LogP contribution in [0.15, 0.2) is 12.3 Å². The number of amides is 1. The van der Waals surface area contributed by atoms with Gasteiger partial charge in [-0.05, 0) is 25.2 Å². The predicted molar refractivity (Wildman–Crippen MR) is 75.0 cm³/mol. The standard InChI is InChI=1S/C14H19N3O4/c1-2-5-15-7-11(17(20)21)6-12(15)13(18)16-8-14(19,9-16)10-3-4-10/h6-7,10,19H,2-5,8-9H2,1H3. The topological polar surface area (TPSA) is 88.6 Å². The molecule has 1 aromatic rings. The highest BCUT2D eigenvalue weighted by Crippen LogP contribution is 2.44. The number of carbonyl (C=O) groups excluding carboxylic acids is 1. The van der Waals surface area contributed by atoms with E-state index in [0.717, 1.165) is 19.3 Å². The van der Waals surface area contributed by atoms with Crippen LogP contribution in [0.25, 0.3) is 0 Å². The molecule has 1 aromatic heterocycles. The highest BCUT2D eigenvalue weighted by Gasteiger charge is 2.53. The third-order valence-corrected chi connectivity index (χ3v) is 4.33. The van der Waals surface area contributed by atoms with E-state index in [2.05, 4.69) is 0 Å². The molecule has 0 radical (unpaired) electrons. The van der Waals surface area contributed by atoms with Crippen LogP contribution < -0.4 is 0 Å². The van der Waals surface area contributed by atoms with Crippen LogP contribution in [0, 0.1) is 16.0 Å². The molecule has 21 heavy (non-hydrogen) atoms. The maximum absolute atomic E-state index is 12.5. The first-order valence-electron chi connectivity index (χ1n) is 7.31. The zero-order valence-corrected chi connectivity index (χ0v) is 12.0. The molecule has 114 valence electrons. The molecule has 7 heteroatoms. The van der Waals surface area contributed by atoms with Crippen LogP contribution in [-0.4, -0.2) is 44.1 Å². The van der Waals surface area contributed by atoms with E-state index in [0.29, 0.717) is 31.2 Å². The fourth-order valence-electron chi connectivity index (χ4n) is 3.00. The van der Waals surface area contributed by atoms with Crippen LogP contribution in [0.3, 0.4) is 0 Å². The van der Waals surface area contributed by atoms with E-state index in [-0.39, 0.29) is 11.6 Å². The average Bonchev–Trinajstić information content (AvgIpc) is 3.16. The van der Waals surface area contributed by atoms with Gasteiger partial charge in [-0.1, -0.05) is 6.92 Å². The van der Waals surface area contributed by atoms with Gasteiger partial charge in [0.25, 0.3) is 11.6 Å². The van der Waals surface area contributed by atoms with E-state index in [1.807, 2.05) is 6.92 Å². The summed E-state index contributed by atoms with van der Waals surface area (Å²) in [6, 6.07) is 1.33. The molecule has 1 amide bonds. The number of aromatic nitrogens is 1. The number of aryl methyl sites for hydroxylation is 1. The quantitative estimate of drug-likeness (QED) is 0.656. The summed E-state index contributed by atoms with van der Waals surface area (Å²) in [6.45, 7) is 3.19. The largest absolute Gasteiger partial charge is 0.386 e. The number of rotatable bonds is 5. The lowest BCUT2D eigenvalue weighted by atomic mass is 9.88. The number of aliphatic hydroxyl groups is 1. The first kappa shape index (κ1) is 14.1. The minimum absolute atomic E-state index is 0.0650. The Morgan fingerprint density at radius 1 is 1.52 bits per heavy atom. The molecule has 1 saturated heterocycles. The molecule has 2 aliphatic rings. The van der Waals surface area contributed by atoms with Crippen LogP contribution >= 0.6 is 0 Å². The van der Waals surface area contributed by atoms with E-state index < -0.39 is 10.5 Å². The van der Waals surface area contributed by atoms with Crippen LogP contribution in [0.1, 0.15) is 36.7 Å².